The number of nitrogen functional groups attached to an aromatic ring is 1. The first-order chi connectivity index (χ1) is 16.9. The summed E-state index contributed by atoms with van der Waals surface area (Å²) < 4.78 is 21.6. The SMILES string of the molecule is Cc1cc(-c2c(C3CCOCC3)n(-c3ccc(F)cc3)c3cc(C=N)c(N)cc23)cnc1C(N)=O. The number of hydrogen-bond donors (Lipinski definition) is 3. The number of carbonyl (C=O) groups excluding carboxylic acids is 1. The van der Waals surface area contributed by atoms with Gasteiger partial charge >= 0.3 is 0 Å². The maximum absolute atomic E-state index is 13.8. The normalized spacial score (nSPS) is 14.3. The van der Waals surface area contributed by atoms with Crippen molar-refractivity contribution in [3.8, 4) is 16.8 Å². The third-order valence-corrected chi connectivity index (χ3v) is 6.66. The van der Waals surface area contributed by atoms with Gasteiger partial charge in [-0.15, -0.1) is 0 Å². The van der Waals surface area contributed by atoms with Crippen molar-refractivity contribution in [1.82, 2.24) is 9.55 Å². The topological polar surface area (TPSA) is 120 Å². The zero-order valence-electron chi connectivity index (χ0n) is 19.3. The number of carbonyl (C=O) groups is 1. The lowest BCUT2D eigenvalue weighted by atomic mass is 9.89. The molecule has 0 atom stereocenters. The number of primary amides is 1. The highest BCUT2D eigenvalue weighted by Gasteiger charge is 2.29. The standard InChI is InChI=1S/C27H26FN5O2/c1-15-10-18(14-32-25(15)27(31)34)24-21-12-22(30)17(13-29)11-23(21)33(20-4-2-19(28)3-5-20)26(24)16-6-8-35-9-7-16/h2-5,10-14,16,29H,6-9,30H2,1H3,(H2,31,34). The number of nitrogens with two attached hydrogens (primary N) is 2. The predicted octanol–water partition coefficient (Wildman–Crippen LogP) is 4.71. The highest BCUT2D eigenvalue weighted by atomic mass is 19.1. The van der Waals surface area contributed by atoms with Gasteiger partial charge in [-0.3, -0.25) is 9.78 Å². The highest BCUT2D eigenvalue weighted by molar-refractivity contribution is 6.05. The molecular weight excluding hydrogens is 445 g/mol. The van der Waals surface area contributed by atoms with Gasteiger partial charge in [-0.05, 0) is 67.8 Å². The zero-order chi connectivity index (χ0) is 24.7. The van der Waals surface area contributed by atoms with Gasteiger partial charge in [0, 0.05) is 70.7 Å². The van der Waals surface area contributed by atoms with E-state index >= 15 is 0 Å². The molecule has 1 aliphatic rings. The van der Waals surface area contributed by atoms with E-state index in [9.17, 15) is 9.18 Å². The van der Waals surface area contributed by atoms with Crippen LogP contribution in [-0.2, 0) is 4.74 Å². The van der Waals surface area contributed by atoms with Crippen LogP contribution in [0, 0.1) is 18.2 Å². The summed E-state index contributed by atoms with van der Waals surface area (Å²) in [5.74, 6) is -0.728. The van der Waals surface area contributed by atoms with E-state index in [0.29, 0.717) is 30.0 Å². The number of nitrogens with one attached hydrogen (secondary N) is 1. The van der Waals surface area contributed by atoms with E-state index in [4.69, 9.17) is 21.6 Å². The third-order valence-electron chi connectivity index (χ3n) is 6.66. The first-order valence-corrected chi connectivity index (χ1v) is 11.5. The quantitative estimate of drug-likeness (QED) is 0.288. The second-order valence-electron chi connectivity index (χ2n) is 8.86. The van der Waals surface area contributed by atoms with Crippen LogP contribution in [0.5, 0.6) is 0 Å². The molecule has 4 aromatic rings. The van der Waals surface area contributed by atoms with Crippen LogP contribution >= 0.6 is 0 Å². The fourth-order valence-electron chi connectivity index (χ4n) is 5.01. The van der Waals surface area contributed by atoms with Crippen molar-refractivity contribution in [2.24, 2.45) is 5.73 Å². The van der Waals surface area contributed by atoms with Crippen LogP contribution in [0.3, 0.4) is 0 Å². The number of aromatic nitrogens is 2. The summed E-state index contributed by atoms with van der Waals surface area (Å²) in [6.07, 6.45) is 4.55. The number of halogens is 1. The Balaban J connectivity index is 1.90. The Labute approximate surface area is 202 Å². The van der Waals surface area contributed by atoms with E-state index in [1.165, 1.54) is 18.3 Å². The maximum Gasteiger partial charge on any atom is 0.267 e. The lowest BCUT2D eigenvalue weighted by Crippen LogP contribution is -2.18. The molecule has 1 aliphatic heterocycles. The molecule has 5 rings (SSSR count). The molecule has 1 fully saturated rings. The van der Waals surface area contributed by atoms with Crippen LogP contribution in [0.15, 0.2) is 48.7 Å². The summed E-state index contributed by atoms with van der Waals surface area (Å²) in [5.41, 5.74) is 18.3. The summed E-state index contributed by atoms with van der Waals surface area (Å²) in [6.45, 7) is 3.09. The number of benzene rings is 2. The van der Waals surface area contributed by atoms with Crippen molar-refractivity contribution in [3.63, 3.8) is 0 Å². The third kappa shape index (κ3) is 3.95. The lowest BCUT2D eigenvalue weighted by Gasteiger charge is -2.26. The Morgan fingerprint density at radius 1 is 1.20 bits per heavy atom. The molecule has 8 heteroatoms. The van der Waals surface area contributed by atoms with Crippen molar-refractivity contribution in [3.05, 3.63) is 77.0 Å². The molecule has 5 N–H and O–H groups in total. The van der Waals surface area contributed by atoms with Gasteiger partial charge in [0.1, 0.15) is 11.5 Å². The van der Waals surface area contributed by atoms with E-state index in [2.05, 4.69) is 9.55 Å². The number of ether oxygens (including phenoxy) is 1. The molecule has 0 aliphatic carbocycles. The summed E-state index contributed by atoms with van der Waals surface area (Å²) in [4.78, 5) is 16.2. The Morgan fingerprint density at radius 3 is 2.54 bits per heavy atom. The second-order valence-corrected chi connectivity index (χ2v) is 8.86. The number of pyridine rings is 1. The van der Waals surface area contributed by atoms with Crippen LogP contribution in [0.2, 0.25) is 0 Å². The van der Waals surface area contributed by atoms with Crippen molar-refractivity contribution in [1.29, 1.82) is 5.41 Å². The van der Waals surface area contributed by atoms with Crippen molar-refractivity contribution >= 4 is 28.7 Å². The summed E-state index contributed by atoms with van der Waals surface area (Å²) in [7, 11) is 0. The molecule has 1 amide bonds. The Morgan fingerprint density at radius 2 is 1.91 bits per heavy atom. The van der Waals surface area contributed by atoms with E-state index in [1.54, 1.807) is 18.3 Å². The predicted molar refractivity (Wildman–Crippen MR) is 135 cm³/mol. The molecule has 0 unspecified atom stereocenters. The molecule has 7 nitrogen and oxygen atoms in total. The molecule has 0 radical (unpaired) electrons. The fourth-order valence-corrected chi connectivity index (χ4v) is 5.01. The summed E-state index contributed by atoms with van der Waals surface area (Å²) in [5, 5.41) is 8.74. The lowest BCUT2D eigenvalue weighted by molar-refractivity contribution is 0.0843. The molecular formula is C27H26FN5O2. The maximum atomic E-state index is 13.8. The number of aryl methyl sites for hydroxylation is 1. The van der Waals surface area contributed by atoms with E-state index in [-0.39, 0.29) is 17.4 Å². The average molecular weight is 472 g/mol. The molecule has 2 aromatic carbocycles. The minimum atomic E-state index is -0.577. The van der Waals surface area contributed by atoms with Gasteiger partial charge in [0.05, 0.1) is 5.52 Å². The number of fused-ring (bicyclic) bond motifs is 1. The van der Waals surface area contributed by atoms with Gasteiger partial charge in [0.25, 0.3) is 5.91 Å². The first kappa shape index (κ1) is 22.7. The van der Waals surface area contributed by atoms with Gasteiger partial charge in [0.15, 0.2) is 0 Å². The van der Waals surface area contributed by atoms with Crippen LogP contribution in [-0.4, -0.2) is 34.9 Å². The smallest absolute Gasteiger partial charge is 0.267 e. The van der Waals surface area contributed by atoms with Gasteiger partial charge in [0.2, 0.25) is 0 Å². The number of nitrogens with zero attached hydrogens (tertiary/aromatic N) is 2. The fraction of sp³-hybridized carbons (Fsp3) is 0.222. The molecule has 0 saturated carbocycles. The molecule has 178 valence electrons. The largest absolute Gasteiger partial charge is 0.398 e. The average Bonchev–Trinajstić information content (AvgIpc) is 3.18. The van der Waals surface area contributed by atoms with Gasteiger partial charge < -0.3 is 26.2 Å². The Kier molecular flexibility index (Phi) is 5.82. The van der Waals surface area contributed by atoms with Crippen LogP contribution in [0.1, 0.15) is 46.1 Å². The number of hydrogen-bond acceptors (Lipinski definition) is 5. The van der Waals surface area contributed by atoms with Crippen LogP contribution in [0.25, 0.3) is 27.7 Å². The minimum Gasteiger partial charge on any atom is -0.398 e. The van der Waals surface area contributed by atoms with E-state index in [0.717, 1.165) is 46.3 Å². The zero-order valence-corrected chi connectivity index (χ0v) is 19.3. The van der Waals surface area contributed by atoms with Gasteiger partial charge in [-0.25, -0.2) is 4.39 Å². The monoisotopic (exact) mass is 471 g/mol. The minimum absolute atomic E-state index is 0.164. The van der Waals surface area contributed by atoms with Gasteiger partial charge in [-0.1, -0.05) is 0 Å². The van der Waals surface area contributed by atoms with E-state index in [1.807, 2.05) is 25.1 Å². The van der Waals surface area contributed by atoms with Crippen molar-refractivity contribution in [2.45, 2.75) is 25.7 Å². The number of anilines is 1. The van der Waals surface area contributed by atoms with E-state index < -0.39 is 5.91 Å². The second kappa shape index (κ2) is 8.96. The molecule has 0 spiro atoms. The highest BCUT2D eigenvalue weighted by Crippen LogP contribution is 2.44. The summed E-state index contributed by atoms with van der Waals surface area (Å²) in [6, 6.07) is 12.1. The van der Waals surface area contributed by atoms with Crippen LogP contribution < -0.4 is 11.5 Å². The van der Waals surface area contributed by atoms with Crippen molar-refractivity contribution in [2.75, 3.05) is 18.9 Å². The molecule has 0 bridgehead atoms. The Hall–Kier alpha value is -4.04. The molecule has 35 heavy (non-hydrogen) atoms. The van der Waals surface area contributed by atoms with Gasteiger partial charge in [-0.2, -0.15) is 0 Å². The van der Waals surface area contributed by atoms with Crippen LogP contribution in [0.4, 0.5) is 10.1 Å². The molecule has 2 aromatic heterocycles. The first-order valence-electron chi connectivity index (χ1n) is 11.5. The van der Waals surface area contributed by atoms with Crippen molar-refractivity contribution < 1.29 is 13.9 Å². The molecule has 3 heterocycles. The molecule has 1 saturated heterocycles. The summed E-state index contributed by atoms with van der Waals surface area (Å²) >= 11 is 0. The number of amides is 1. The Bertz CT molecular complexity index is 1450. The number of rotatable bonds is 5.